The number of piperidine rings is 1. The lowest BCUT2D eigenvalue weighted by atomic mass is 9.69. The first-order valence-electron chi connectivity index (χ1n) is 7.06. The van der Waals surface area contributed by atoms with Crippen LogP contribution in [0.3, 0.4) is 0 Å². The van der Waals surface area contributed by atoms with Crippen molar-refractivity contribution in [2.24, 2.45) is 0 Å². The Morgan fingerprint density at radius 3 is 2.15 bits per heavy atom. The highest BCUT2D eigenvalue weighted by atomic mass is 35.5. The maximum atomic E-state index is 6.20. The zero-order valence-electron chi connectivity index (χ0n) is 12.5. The number of likely N-dealkylation sites (tertiary alicyclic amines) is 1. The first kappa shape index (κ1) is 17.8. The van der Waals surface area contributed by atoms with Gasteiger partial charge in [0.05, 0.1) is 11.6 Å². The van der Waals surface area contributed by atoms with E-state index in [1.807, 2.05) is 7.11 Å². The van der Waals surface area contributed by atoms with Gasteiger partial charge in [0, 0.05) is 25.6 Å². The highest BCUT2D eigenvalue weighted by Crippen LogP contribution is 2.40. The van der Waals surface area contributed by atoms with Crippen LogP contribution in [0.4, 0.5) is 0 Å². The highest BCUT2D eigenvalue weighted by Gasteiger charge is 2.41. The van der Waals surface area contributed by atoms with Gasteiger partial charge in [0.1, 0.15) is 0 Å². The quantitative estimate of drug-likeness (QED) is 0.613. The molecule has 0 N–H and O–H groups in total. The van der Waals surface area contributed by atoms with E-state index < -0.39 is 0 Å². The first-order valence-corrected chi connectivity index (χ1v) is 7.50. The van der Waals surface area contributed by atoms with Crippen molar-refractivity contribution < 1.29 is 4.74 Å². The van der Waals surface area contributed by atoms with Gasteiger partial charge in [-0.15, -0.1) is 24.0 Å². The van der Waals surface area contributed by atoms with E-state index in [1.165, 1.54) is 5.56 Å². The molecular formula is C16H25Cl2NO. The number of methoxy groups -OCH3 is 1. The number of hydrogen-bond acceptors (Lipinski definition) is 2. The van der Waals surface area contributed by atoms with Crippen LogP contribution in [0, 0.1) is 0 Å². The summed E-state index contributed by atoms with van der Waals surface area (Å²) in [6.07, 6.45) is 2.43. The molecule has 0 saturated carbocycles. The fourth-order valence-electron chi connectivity index (χ4n) is 3.20. The lowest BCUT2D eigenvalue weighted by Gasteiger charge is -2.46. The molecule has 1 saturated heterocycles. The Balaban J connectivity index is 0.00000200. The van der Waals surface area contributed by atoms with Gasteiger partial charge in [-0.25, -0.2) is 0 Å². The van der Waals surface area contributed by atoms with Gasteiger partial charge in [0.25, 0.3) is 0 Å². The van der Waals surface area contributed by atoms with Crippen LogP contribution in [0.5, 0.6) is 0 Å². The Morgan fingerprint density at radius 1 is 1.15 bits per heavy atom. The molecule has 114 valence electrons. The second-order valence-corrected chi connectivity index (χ2v) is 6.14. The van der Waals surface area contributed by atoms with Gasteiger partial charge in [-0.1, -0.05) is 30.3 Å². The van der Waals surface area contributed by atoms with Crippen LogP contribution >= 0.6 is 24.0 Å². The van der Waals surface area contributed by atoms with Gasteiger partial charge in [-0.2, -0.15) is 0 Å². The van der Waals surface area contributed by atoms with Crippen molar-refractivity contribution in [3.05, 3.63) is 35.9 Å². The summed E-state index contributed by atoms with van der Waals surface area (Å²) in [6, 6.07) is 10.8. The molecule has 1 aromatic rings. The minimum Gasteiger partial charge on any atom is -0.381 e. The molecule has 0 aromatic heterocycles. The summed E-state index contributed by atoms with van der Waals surface area (Å²) in [5.74, 6) is 0. The lowest BCUT2D eigenvalue weighted by molar-refractivity contribution is 0.00730. The van der Waals surface area contributed by atoms with Crippen LogP contribution in [-0.2, 0) is 10.2 Å². The van der Waals surface area contributed by atoms with Crippen LogP contribution in [0.25, 0.3) is 0 Å². The number of alkyl halides is 1. The van der Waals surface area contributed by atoms with Crippen LogP contribution in [0.2, 0.25) is 0 Å². The predicted octanol–water partition coefficient (Wildman–Crippen LogP) is 4.06. The van der Waals surface area contributed by atoms with Crippen molar-refractivity contribution in [3.63, 3.8) is 0 Å². The zero-order valence-corrected chi connectivity index (χ0v) is 14.1. The van der Waals surface area contributed by atoms with Gasteiger partial charge >= 0.3 is 0 Å². The summed E-state index contributed by atoms with van der Waals surface area (Å²) in [4.78, 5) is 2.34. The number of ether oxygens (including phenoxy) is 1. The summed E-state index contributed by atoms with van der Waals surface area (Å²) < 4.78 is 5.69. The summed E-state index contributed by atoms with van der Waals surface area (Å²) in [5.41, 5.74) is 1.64. The third-order valence-corrected chi connectivity index (χ3v) is 4.95. The Morgan fingerprint density at radius 2 is 1.70 bits per heavy atom. The zero-order chi connectivity index (χ0) is 13.9. The van der Waals surface area contributed by atoms with Crippen molar-refractivity contribution >= 4 is 24.0 Å². The molecule has 0 radical (unpaired) electrons. The van der Waals surface area contributed by atoms with E-state index in [-0.39, 0.29) is 29.4 Å². The molecular weight excluding hydrogens is 293 g/mol. The Labute approximate surface area is 133 Å². The molecule has 1 aromatic carbocycles. The van der Waals surface area contributed by atoms with Gasteiger partial charge in [-0.05, 0) is 32.3 Å². The highest BCUT2D eigenvalue weighted by molar-refractivity contribution is 6.20. The normalized spacial score (nSPS) is 21.8. The molecule has 1 heterocycles. The minimum absolute atomic E-state index is 0. The number of benzene rings is 1. The molecule has 2 unspecified atom stereocenters. The smallest absolute Gasteiger partial charge is 0.0821 e. The largest absolute Gasteiger partial charge is 0.381 e. The number of halogens is 2. The standard InChI is InChI=1S/C16H24ClNO.ClH/c1-13(19-3)16(15-7-5-4-6-8-15)9-11-18(12-10-16)14(2)17;/h4-8,13-14H,9-12H2,1-3H3;1H. The van der Waals surface area contributed by atoms with E-state index in [2.05, 4.69) is 49.1 Å². The van der Waals surface area contributed by atoms with E-state index >= 15 is 0 Å². The number of nitrogens with zero attached hydrogens (tertiary/aromatic N) is 1. The molecule has 0 bridgehead atoms. The molecule has 0 spiro atoms. The van der Waals surface area contributed by atoms with Gasteiger partial charge in [0.2, 0.25) is 0 Å². The van der Waals surface area contributed by atoms with Gasteiger partial charge in [-0.3, -0.25) is 4.90 Å². The summed E-state index contributed by atoms with van der Waals surface area (Å²) >= 11 is 6.20. The Hall–Kier alpha value is -0.280. The van der Waals surface area contributed by atoms with Crippen molar-refractivity contribution in [1.29, 1.82) is 0 Å². The third-order valence-electron chi connectivity index (χ3n) is 4.67. The van der Waals surface area contributed by atoms with Crippen molar-refractivity contribution in [1.82, 2.24) is 4.90 Å². The Kier molecular flexibility index (Phi) is 6.80. The van der Waals surface area contributed by atoms with E-state index in [0.717, 1.165) is 25.9 Å². The fraction of sp³-hybridized carbons (Fsp3) is 0.625. The average Bonchev–Trinajstić information content (AvgIpc) is 2.47. The summed E-state index contributed by atoms with van der Waals surface area (Å²) in [7, 11) is 1.81. The molecule has 0 amide bonds. The average molecular weight is 318 g/mol. The maximum Gasteiger partial charge on any atom is 0.0821 e. The van der Waals surface area contributed by atoms with Crippen LogP contribution in [-0.4, -0.2) is 36.7 Å². The fourth-order valence-corrected chi connectivity index (χ4v) is 3.40. The molecule has 1 aliphatic rings. The molecule has 4 heteroatoms. The lowest BCUT2D eigenvalue weighted by Crippen LogP contribution is -2.50. The number of hydrogen-bond donors (Lipinski definition) is 0. The van der Waals surface area contributed by atoms with Crippen LogP contribution in [0.15, 0.2) is 30.3 Å². The minimum atomic E-state index is 0. The molecule has 2 nitrogen and oxygen atoms in total. The predicted molar refractivity (Wildman–Crippen MR) is 88.0 cm³/mol. The SMILES string of the molecule is COC(C)C1(c2ccccc2)CCN(C(C)Cl)CC1.Cl. The molecule has 1 fully saturated rings. The van der Waals surface area contributed by atoms with E-state index in [9.17, 15) is 0 Å². The third kappa shape index (κ3) is 3.48. The Bertz CT molecular complexity index is 389. The van der Waals surface area contributed by atoms with Crippen LogP contribution < -0.4 is 0 Å². The van der Waals surface area contributed by atoms with Gasteiger partial charge in [0.15, 0.2) is 0 Å². The monoisotopic (exact) mass is 317 g/mol. The van der Waals surface area contributed by atoms with Crippen molar-refractivity contribution in [3.8, 4) is 0 Å². The van der Waals surface area contributed by atoms with Crippen molar-refractivity contribution in [2.75, 3.05) is 20.2 Å². The van der Waals surface area contributed by atoms with E-state index in [4.69, 9.17) is 16.3 Å². The first-order chi connectivity index (χ1) is 9.10. The maximum absolute atomic E-state index is 6.20. The topological polar surface area (TPSA) is 12.5 Å². The van der Waals surface area contributed by atoms with Crippen molar-refractivity contribution in [2.45, 2.75) is 43.7 Å². The molecule has 2 atom stereocenters. The molecule has 20 heavy (non-hydrogen) atoms. The molecule has 1 aliphatic heterocycles. The van der Waals surface area contributed by atoms with Crippen LogP contribution in [0.1, 0.15) is 32.3 Å². The summed E-state index contributed by atoms with van der Waals surface area (Å²) in [6.45, 7) is 6.31. The van der Waals surface area contributed by atoms with Gasteiger partial charge < -0.3 is 4.74 Å². The second-order valence-electron chi connectivity index (χ2n) is 5.51. The molecule has 0 aliphatic carbocycles. The number of rotatable bonds is 4. The van der Waals surface area contributed by atoms with E-state index in [1.54, 1.807) is 0 Å². The molecule has 2 rings (SSSR count). The summed E-state index contributed by atoms with van der Waals surface area (Å²) in [5, 5.41) is 0. The van der Waals surface area contributed by atoms with E-state index in [0.29, 0.717) is 0 Å². The second kappa shape index (κ2) is 7.65.